The molecule has 0 spiro atoms. The van der Waals surface area contributed by atoms with Gasteiger partial charge in [-0.25, -0.2) is 12.8 Å². The van der Waals surface area contributed by atoms with Crippen LogP contribution in [0.3, 0.4) is 0 Å². The lowest BCUT2D eigenvalue weighted by molar-refractivity contribution is -0.387. The van der Waals surface area contributed by atoms with Gasteiger partial charge in [-0.15, -0.1) is 0 Å². The fourth-order valence-corrected chi connectivity index (χ4v) is 3.01. The van der Waals surface area contributed by atoms with Crippen molar-refractivity contribution in [3.05, 3.63) is 63.4 Å². The maximum atomic E-state index is 13.6. The van der Waals surface area contributed by atoms with E-state index >= 15 is 0 Å². The van der Waals surface area contributed by atoms with Gasteiger partial charge in [0.1, 0.15) is 5.82 Å². The third kappa shape index (κ3) is 3.29. The molecule has 2 rings (SSSR count). The van der Waals surface area contributed by atoms with Gasteiger partial charge in [-0.05, 0) is 24.3 Å². The average molecular weight is 331 g/mol. The largest absolute Gasteiger partial charge is 0.289 e. The van der Waals surface area contributed by atoms with Crippen molar-refractivity contribution in [1.29, 1.82) is 0 Å². The number of nitro benzene ring substituents is 1. The predicted molar refractivity (Wildman–Crippen MR) is 75.3 cm³/mol. The Labute approximate surface area is 124 Å². The zero-order chi connectivity index (χ0) is 15.6. The molecule has 2 aromatic carbocycles. The van der Waals surface area contributed by atoms with Crippen LogP contribution in [0.5, 0.6) is 0 Å². The van der Waals surface area contributed by atoms with Crippen LogP contribution in [0.1, 0.15) is 0 Å². The van der Waals surface area contributed by atoms with Crippen LogP contribution in [-0.4, -0.2) is 13.3 Å². The molecule has 2 aromatic rings. The molecule has 0 fully saturated rings. The van der Waals surface area contributed by atoms with Gasteiger partial charge in [0.15, 0.2) is 4.90 Å². The summed E-state index contributed by atoms with van der Waals surface area (Å²) in [5.41, 5.74) is -0.993. The monoisotopic (exact) mass is 330 g/mol. The maximum absolute atomic E-state index is 13.6. The number of nitrogens with one attached hydrogen (secondary N) is 1. The molecule has 1 N–H and O–H groups in total. The molecule has 0 amide bonds. The molecule has 0 aliphatic heterocycles. The van der Waals surface area contributed by atoms with Gasteiger partial charge < -0.3 is 0 Å². The Hall–Kier alpha value is -2.19. The Morgan fingerprint density at radius 1 is 1.19 bits per heavy atom. The van der Waals surface area contributed by atoms with Gasteiger partial charge in [0.25, 0.3) is 15.7 Å². The highest BCUT2D eigenvalue weighted by Crippen LogP contribution is 2.27. The number of nitro groups is 1. The van der Waals surface area contributed by atoms with E-state index in [1.165, 1.54) is 18.2 Å². The summed E-state index contributed by atoms with van der Waals surface area (Å²) in [4.78, 5) is 9.47. The molecule has 6 nitrogen and oxygen atoms in total. The first kappa shape index (κ1) is 15.2. The first-order valence-corrected chi connectivity index (χ1v) is 7.38. The summed E-state index contributed by atoms with van der Waals surface area (Å²) in [6, 6.07) is 8.07. The topological polar surface area (TPSA) is 89.3 Å². The Bertz CT molecular complexity index is 811. The van der Waals surface area contributed by atoms with E-state index in [4.69, 9.17) is 11.6 Å². The number of para-hydroxylation sites is 1. The summed E-state index contributed by atoms with van der Waals surface area (Å²) in [7, 11) is -4.32. The van der Waals surface area contributed by atoms with Crippen LogP contribution in [0.4, 0.5) is 15.8 Å². The molecule has 0 saturated carbocycles. The molecule has 9 heteroatoms. The standard InChI is InChI=1S/C12H8ClFN2O4S/c13-8-5-6-9(14)10(7-8)15-21(19,20)12-4-2-1-3-11(12)16(17)18/h1-7,15H. The van der Waals surface area contributed by atoms with Crippen LogP contribution < -0.4 is 4.72 Å². The summed E-state index contributed by atoms with van der Waals surface area (Å²) in [5.74, 6) is -0.846. The molecule has 0 saturated heterocycles. The normalized spacial score (nSPS) is 11.1. The molecule has 110 valence electrons. The van der Waals surface area contributed by atoms with Crippen molar-refractivity contribution in [3.63, 3.8) is 0 Å². The van der Waals surface area contributed by atoms with Crippen LogP contribution in [0.2, 0.25) is 5.02 Å². The summed E-state index contributed by atoms with van der Waals surface area (Å²) in [6.07, 6.45) is 0. The first-order chi connectivity index (χ1) is 9.81. The van der Waals surface area contributed by atoms with Crippen LogP contribution in [0, 0.1) is 15.9 Å². The van der Waals surface area contributed by atoms with Gasteiger partial charge in [-0.3, -0.25) is 14.8 Å². The molecule has 0 unspecified atom stereocenters. The Morgan fingerprint density at radius 3 is 2.52 bits per heavy atom. The number of anilines is 1. The van der Waals surface area contributed by atoms with E-state index in [2.05, 4.69) is 0 Å². The van der Waals surface area contributed by atoms with Crippen LogP contribution >= 0.6 is 11.6 Å². The molecule has 21 heavy (non-hydrogen) atoms. The maximum Gasteiger partial charge on any atom is 0.289 e. The lowest BCUT2D eigenvalue weighted by atomic mass is 10.3. The van der Waals surface area contributed by atoms with Gasteiger partial charge >= 0.3 is 0 Å². The third-order valence-corrected chi connectivity index (χ3v) is 4.17. The summed E-state index contributed by atoms with van der Waals surface area (Å²) >= 11 is 5.66. The number of hydrogen-bond acceptors (Lipinski definition) is 4. The fraction of sp³-hybridized carbons (Fsp3) is 0. The van der Waals surface area contributed by atoms with Gasteiger partial charge in [-0.2, -0.15) is 0 Å². The van der Waals surface area contributed by atoms with E-state index in [1.807, 2.05) is 4.72 Å². The molecule has 0 bridgehead atoms. The Morgan fingerprint density at radius 2 is 1.86 bits per heavy atom. The number of sulfonamides is 1. The Kier molecular flexibility index (Phi) is 4.10. The van der Waals surface area contributed by atoms with Crippen molar-refractivity contribution in [3.8, 4) is 0 Å². The van der Waals surface area contributed by atoms with Gasteiger partial charge in [0.05, 0.1) is 10.6 Å². The molecular formula is C12H8ClFN2O4S. The summed E-state index contributed by atoms with van der Waals surface area (Å²) in [6.45, 7) is 0. The second-order valence-electron chi connectivity index (χ2n) is 3.95. The van der Waals surface area contributed by atoms with Crippen molar-refractivity contribution in [2.75, 3.05) is 4.72 Å². The van der Waals surface area contributed by atoms with Gasteiger partial charge in [0.2, 0.25) is 0 Å². The minimum absolute atomic E-state index is 0.122. The quantitative estimate of drug-likeness (QED) is 0.688. The lowest BCUT2D eigenvalue weighted by Gasteiger charge is -2.09. The molecule has 0 aliphatic carbocycles. The first-order valence-electron chi connectivity index (χ1n) is 5.52. The van der Waals surface area contributed by atoms with Crippen LogP contribution in [0.25, 0.3) is 0 Å². The second-order valence-corrected chi connectivity index (χ2v) is 6.04. The van der Waals surface area contributed by atoms with Crippen molar-refractivity contribution < 1.29 is 17.7 Å². The lowest BCUT2D eigenvalue weighted by Crippen LogP contribution is -2.15. The minimum Gasteiger partial charge on any atom is -0.276 e. The SMILES string of the molecule is O=[N+]([O-])c1ccccc1S(=O)(=O)Nc1cc(Cl)ccc1F. The van der Waals surface area contributed by atoms with Crippen molar-refractivity contribution in [2.24, 2.45) is 0 Å². The minimum atomic E-state index is -4.32. The van der Waals surface area contributed by atoms with E-state index in [1.54, 1.807) is 0 Å². The van der Waals surface area contributed by atoms with E-state index in [0.29, 0.717) is 0 Å². The van der Waals surface area contributed by atoms with Gasteiger partial charge in [0, 0.05) is 11.1 Å². The highest BCUT2D eigenvalue weighted by atomic mass is 35.5. The molecule has 0 atom stereocenters. The fourth-order valence-electron chi connectivity index (χ4n) is 1.61. The predicted octanol–water partition coefficient (Wildman–Crippen LogP) is 3.19. The number of rotatable bonds is 4. The summed E-state index contributed by atoms with van der Waals surface area (Å²) < 4.78 is 39.8. The summed E-state index contributed by atoms with van der Waals surface area (Å²) in [5, 5.41) is 11.0. The zero-order valence-corrected chi connectivity index (χ0v) is 11.9. The molecule has 0 aromatic heterocycles. The second kappa shape index (κ2) is 5.66. The number of halogens is 2. The molecular weight excluding hydrogens is 323 g/mol. The molecule has 0 aliphatic rings. The average Bonchev–Trinajstić information content (AvgIpc) is 2.42. The van der Waals surface area contributed by atoms with E-state index in [0.717, 1.165) is 24.3 Å². The van der Waals surface area contributed by atoms with E-state index in [-0.39, 0.29) is 10.7 Å². The van der Waals surface area contributed by atoms with Crippen molar-refractivity contribution in [1.82, 2.24) is 0 Å². The molecule has 0 radical (unpaired) electrons. The number of nitrogens with zero attached hydrogens (tertiary/aromatic N) is 1. The van der Waals surface area contributed by atoms with Crippen molar-refractivity contribution >= 4 is 33.0 Å². The highest BCUT2D eigenvalue weighted by Gasteiger charge is 2.26. The highest BCUT2D eigenvalue weighted by molar-refractivity contribution is 7.92. The van der Waals surface area contributed by atoms with E-state index < -0.39 is 31.3 Å². The smallest absolute Gasteiger partial charge is 0.276 e. The number of benzene rings is 2. The number of hydrogen-bond donors (Lipinski definition) is 1. The van der Waals surface area contributed by atoms with Crippen LogP contribution in [-0.2, 0) is 10.0 Å². The van der Waals surface area contributed by atoms with Crippen LogP contribution in [0.15, 0.2) is 47.4 Å². The Balaban J connectivity index is 2.49. The van der Waals surface area contributed by atoms with E-state index in [9.17, 15) is 22.9 Å². The van der Waals surface area contributed by atoms with Gasteiger partial charge in [-0.1, -0.05) is 23.7 Å². The molecule has 0 heterocycles. The third-order valence-electron chi connectivity index (χ3n) is 2.52. The van der Waals surface area contributed by atoms with Crippen molar-refractivity contribution in [2.45, 2.75) is 4.90 Å². The zero-order valence-electron chi connectivity index (χ0n) is 10.3.